The van der Waals surface area contributed by atoms with Crippen LogP contribution in [0.15, 0.2) is 36.7 Å². The highest BCUT2D eigenvalue weighted by atomic mass is 35.5. The maximum atomic E-state index is 13.4. The van der Waals surface area contributed by atoms with Gasteiger partial charge in [0.2, 0.25) is 0 Å². The van der Waals surface area contributed by atoms with E-state index >= 15 is 0 Å². The van der Waals surface area contributed by atoms with Gasteiger partial charge in [-0.15, -0.1) is 0 Å². The van der Waals surface area contributed by atoms with E-state index in [1.807, 2.05) is 0 Å². The molecule has 0 fully saturated rings. The van der Waals surface area contributed by atoms with E-state index in [2.05, 4.69) is 4.98 Å². The third-order valence-corrected chi connectivity index (χ3v) is 2.32. The number of nitrogens with zero attached hydrogens (tertiary/aromatic N) is 1. The number of pyridine rings is 1. The number of hydrogen-bond donors (Lipinski definition) is 0. The molecule has 1 aromatic heterocycles. The fourth-order valence-electron chi connectivity index (χ4n) is 1.31. The van der Waals surface area contributed by atoms with Crippen molar-refractivity contribution in [1.29, 1.82) is 0 Å². The van der Waals surface area contributed by atoms with E-state index in [1.165, 1.54) is 24.5 Å². The Morgan fingerprint density at radius 1 is 1.07 bits per heavy atom. The SMILES string of the molecule is Fc1cccc(-c2ccncc2Cl)c1F. The summed E-state index contributed by atoms with van der Waals surface area (Å²) in [6, 6.07) is 5.51. The van der Waals surface area contributed by atoms with Crippen molar-refractivity contribution in [1.82, 2.24) is 4.98 Å². The van der Waals surface area contributed by atoms with Gasteiger partial charge in [0.05, 0.1) is 5.02 Å². The van der Waals surface area contributed by atoms with Gasteiger partial charge in [0, 0.05) is 23.5 Å². The maximum absolute atomic E-state index is 13.4. The quantitative estimate of drug-likeness (QED) is 0.722. The molecule has 1 aromatic carbocycles. The number of rotatable bonds is 1. The lowest BCUT2D eigenvalue weighted by molar-refractivity contribution is 0.511. The van der Waals surface area contributed by atoms with E-state index in [-0.39, 0.29) is 5.56 Å². The zero-order valence-electron chi connectivity index (χ0n) is 7.55. The summed E-state index contributed by atoms with van der Waals surface area (Å²) < 4.78 is 26.4. The summed E-state index contributed by atoms with van der Waals surface area (Å²) in [7, 11) is 0. The van der Waals surface area contributed by atoms with Gasteiger partial charge in [0.1, 0.15) is 0 Å². The summed E-state index contributed by atoms with van der Waals surface area (Å²) >= 11 is 5.83. The minimum Gasteiger partial charge on any atom is -0.263 e. The summed E-state index contributed by atoms with van der Waals surface area (Å²) in [5.74, 6) is -1.79. The van der Waals surface area contributed by atoms with E-state index in [0.29, 0.717) is 10.6 Å². The van der Waals surface area contributed by atoms with Crippen molar-refractivity contribution in [3.05, 3.63) is 53.3 Å². The van der Waals surface area contributed by atoms with Gasteiger partial charge in [0.25, 0.3) is 0 Å². The molecular formula is C11H6ClF2N. The van der Waals surface area contributed by atoms with Crippen molar-refractivity contribution in [3.8, 4) is 11.1 Å². The van der Waals surface area contributed by atoms with Gasteiger partial charge in [-0.05, 0) is 12.1 Å². The smallest absolute Gasteiger partial charge is 0.166 e. The van der Waals surface area contributed by atoms with Crippen LogP contribution in [0.3, 0.4) is 0 Å². The minimum atomic E-state index is -0.898. The van der Waals surface area contributed by atoms with Gasteiger partial charge in [-0.1, -0.05) is 23.7 Å². The zero-order chi connectivity index (χ0) is 10.8. The van der Waals surface area contributed by atoms with Gasteiger partial charge in [-0.2, -0.15) is 0 Å². The van der Waals surface area contributed by atoms with Crippen molar-refractivity contribution in [2.24, 2.45) is 0 Å². The Labute approximate surface area is 90.3 Å². The molecule has 0 aliphatic rings. The maximum Gasteiger partial charge on any atom is 0.166 e. The highest BCUT2D eigenvalue weighted by Crippen LogP contribution is 2.29. The molecular weight excluding hydrogens is 220 g/mol. The fraction of sp³-hybridized carbons (Fsp3) is 0. The number of halogens is 3. The Balaban J connectivity index is 2.65. The largest absolute Gasteiger partial charge is 0.263 e. The molecule has 76 valence electrons. The molecule has 0 saturated carbocycles. The molecule has 0 unspecified atom stereocenters. The second-order valence-corrected chi connectivity index (χ2v) is 3.36. The minimum absolute atomic E-state index is 0.141. The van der Waals surface area contributed by atoms with Crippen molar-refractivity contribution < 1.29 is 8.78 Å². The van der Waals surface area contributed by atoms with Crippen LogP contribution < -0.4 is 0 Å². The molecule has 0 aliphatic carbocycles. The molecule has 0 saturated heterocycles. The van der Waals surface area contributed by atoms with Crippen LogP contribution in [0.5, 0.6) is 0 Å². The first-order valence-electron chi connectivity index (χ1n) is 4.24. The van der Waals surface area contributed by atoms with Crippen LogP contribution >= 0.6 is 11.6 Å². The summed E-state index contributed by atoms with van der Waals surface area (Å²) in [5.41, 5.74) is 0.575. The normalized spacial score (nSPS) is 10.3. The molecule has 0 amide bonds. The highest BCUT2D eigenvalue weighted by molar-refractivity contribution is 6.33. The van der Waals surface area contributed by atoms with Crippen LogP contribution in [0.25, 0.3) is 11.1 Å². The average Bonchev–Trinajstić information content (AvgIpc) is 2.23. The predicted octanol–water partition coefficient (Wildman–Crippen LogP) is 3.68. The molecule has 0 spiro atoms. The van der Waals surface area contributed by atoms with Crippen molar-refractivity contribution in [2.45, 2.75) is 0 Å². The first kappa shape index (κ1) is 10.1. The zero-order valence-corrected chi connectivity index (χ0v) is 8.30. The Hall–Kier alpha value is -1.48. The average molecular weight is 226 g/mol. The summed E-state index contributed by atoms with van der Waals surface area (Å²) in [6.45, 7) is 0. The molecule has 1 nitrogen and oxygen atoms in total. The molecule has 0 bridgehead atoms. The third kappa shape index (κ3) is 1.83. The Kier molecular flexibility index (Phi) is 2.64. The molecule has 2 aromatic rings. The first-order valence-corrected chi connectivity index (χ1v) is 4.62. The standard InChI is InChI=1S/C11H6ClF2N/c12-9-6-15-5-4-7(9)8-2-1-3-10(13)11(8)14/h1-6H. The molecule has 0 N–H and O–H groups in total. The lowest BCUT2D eigenvalue weighted by Gasteiger charge is -2.05. The topological polar surface area (TPSA) is 12.9 Å². The van der Waals surface area contributed by atoms with E-state index in [1.54, 1.807) is 6.07 Å². The van der Waals surface area contributed by atoms with E-state index in [4.69, 9.17) is 11.6 Å². The Morgan fingerprint density at radius 3 is 2.60 bits per heavy atom. The second kappa shape index (κ2) is 3.95. The van der Waals surface area contributed by atoms with Crippen LogP contribution in [0.1, 0.15) is 0 Å². The fourth-order valence-corrected chi connectivity index (χ4v) is 1.53. The van der Waals surface area contributed by atoms with Gasteiger partial charge >= 0.3 is 0 Å². The lowest BCUT2D eigenvalue weighted by atomic mass is 10.1. The van der Waals surface area contributed by atoms with Gasteiger partial charge < -0.3 is 0 Å². The van der Waals surface area contributed by atoms with Crippen molar-refractivity contribution in [2.75, 3.05) is 0 Å². The van der Waals surface area contributed by atoms with Gasteiger partial charge in [-0.25, -0.2) is 8.78 Å². The van der Waals surface area contributed by atoms with Crippen LogP contribution in [0.4, 0.5) is 8.78 Å². The van der Waals surface area contributed by atoms with E-state index in [9.17, 15) is 8.78 Å². The summed E-state index contributed by atoms with van der Waals surface area (Å²) in [4.78, 5) is 3.77. The van der Waals surface area contributed by atoms with Crippen LogP contribution in [-0.2, 0) is 0 Å². The predicted molar refractivity (Wildman–Crippen MR) is 54.6 cm³/mol. The first-order chi connectivity index (χ1) is 7.20. The third-order valence-electron chi connectivity index (χ3n) is 2.01. The van der Waals surface area contributed by atoms with Gasteiger partial charge in [-0.3, -0.25) is 4.98 Å². The van der Waals surface area contributed by atoms with Crippen LogP contribution in [-0.4, -0.2) is 4.98 Å². The molecule has 4 heteroatoms. The molecule has 15 heavy (non-hydrogen) atoms. The summed E-state index contributed by atoms with van der Waals surface area (Å²) in [6.07, 6.45) is 2.87. The van der Waals surface area contributed by atoms with E-state index < -0.39 is 11.6 Å². The Morgan fingerprint density at radius 2 is 1.87 bits per heavy atom. The summed E-state index contributed by atoms with van der Waals surface area (Å²) in [5, 5.41) is 0.294. The highest BCUT2D eigenvalue weighted by Gasteiger charge is 2.11. The Bertz CT molecular complexity index is 500. The molecule has 0 atom stereocenters. The van der Waals surface area contributed by atoms with E-state index in [0.717, 1.165) is 6.07 Å². The monoisotopic (exact) mass is 225 g/mol. The van der Waals surface area contributed by atoms with Crippen LogP contribution in [0, 0.1) is 11.6 Å². The number of aromatic nitrogens is 1. The molecule has 1 heterocycles. The van der Waals surface area contributed by atoms with Gasteiger partial charge in [0.15, 0.2) is 11.6 Å². The van der Waals surface area contributed by atoms with Crippen molar-refractivity contribution >= 4 is 11.6 Å². The molecule has 2 rings (SSSR count). The molecule has 0 radical (unpaired) electrons. The van der Waals surface area contributed by atoms with Crippen molar-refractivity contribution in [3.63, 3.8) is 0 Å². The van der Waals surface area contributed by atoms with Crippen LogP contribution in [0.2, 0.25) is 5.02 Å². The number of benzene rings is 1. The lowest BCUT2D eigenvalue weighted by Crippen LogP contribution is -1.90. The molecule has 0 aliphatic heterocycles. The number of hydrogen-bond acceptors (Lipinski definition) is 1. The second-order valence-electron chi connectivity index (χ2n) is 2.96.